The van der Waals surface area contributed by atoms with Crippen LogP contribution in [-0.2, 0) is 19.2 Å². The first-order chi connectivity index (χ1) is 13.7. The second kappa shape index (κ2) is 15.1. The molecular weight excluding hydrogens is 388 g/mol. The van der Waals surface area contributed by atoms with Crippen molar-refractivity contribution in [3.63, 3.8) is 0 Å². The second-order valence-corrected chi connectivity index (χ2v) is 6.42. The Kier molecular flexibility index (Phi) is 13.6. The average Bonchev–Trinajstić information content (AvgIpc) is 2.63. The number of urea groups is 1. The van der Waals surface area contributed by atoms with Crippen molar-refractivity contribution in [2.45, 2.75) is 63.5 Å². The molecule has 0 aliphatic carbocycles. The number of hydrogen-bond acceptors (Lipinski definition) is 6. The molecule has 0 aliphatic heterocycles. The first-order valence-corrected chi connectivity index (χ1v) is 9.38. The van der Waals surface area contributed by atoms with E-state index in [1.54, 1.807) is 0 Å². The Labute approximate surface area is 168 Å². The van der Waals surface area contributed by atoms with Crippen molar-refractivity contribution in [3.8, 4) is 0 Å². The lowest BCUT2D eigenvalue weighted by Crippen LogP contribution is -2.51. The maximum Gasteiger partial charge on any atom is 0.326 e. The monoisotopic (exact) mass is 418 g/mol. The number of carboxylic acids is 3. The Hall–Kier alpha value is -2.89. The highest BCUT2D eigenvalue weighted by atomic mass is 16.4. The molecular formula is C17H30N4O8. The number of nitrogens with two attached hydrogens (primary N) is 1. The predicted molar refractivity (Wildman–Crippen MR) is 101 cm³/mol. The van der Waals surface area contributed by atoms with Crippen LogP contribution in [0.25, 0.3) is 0 Å². The average molecular weight is 418 g/mol. The third-order valence-corrected chi connectivity index (χ3v) is 3.95. The zero-order valence-electron chi connectivity index (χ0n) is 16.2. The van der Waals surface area contributed by atoms with Gasteiger partial charge in [-0.05, 0) is 45.1 Å². The molecule has 166 valence electrons. The topological polar surface area (TPSA) is 208 Å². The van der Waals surface area contributed by atoms with Gasteiger partial charge in [-0.25, -0.2) is 14.4 Å². The fraction of sp³-hybridized carbons (Fsp3) is 0.706. The van der Waals surface area contributed by atoms with E-state index in [1.165, 1.54) is 0 Å². The Morgan fingerprint density at radius 3 is 1.86 bits per heavy atom. The van der Waals surface area contributed by atoms with Gasteiger partial charge < -0.3 is 37.0 Å². The predicted octanol–water partition coefficient (Wildman–Crippen LogP) is -0.528. The first kappa shape index (κ1) is 26.1. The van der Waals surface area contributed by atoms with E-state index in [9.17, 15) is 29.1 Å². The van der Waals surface area contributed by atoms with Gasteiger partial charge in [0, 0.05) is 19.4 Å². The minimum atomic E-state index is -1.45. The summed E-state index contributed by atoms with van der Waals surface area (Å²) in [5.41, 5.74) is 5.34. The number of amides is 3. The molecule has 8 N–H and O–H groups in total. The molecule has 12 nitrogen and oxygen atoms in total. The molecule has 29 heavy (non-hydrogen) atoms. The van der Waals surface area contributed by atoms with E-state index in [0.29, 0.717) is 38.8 Å². The van der Waals surface area contributed by atoms with Gasteiger partial charge in [-0.1, -0.05) is 0 Å². The van der Waals surface area contributed by atoms with Crippen LogP contribution in [0.5, 0.6) is 0 Å². The Morgan fingerprint density at radius 1 is 0.759 bits per heavy atom. The number of carbonyl (C=O) groups is 5. The second-order valence-electron chi connectivity index (χ2n) is 6.42. The molecule has 0 rings (SSSR count). The number of carbonyl (C=O) groups excluding carboxylic acids is 2. The lowest BCUT2D eigenvalue weighted by Gasteiger charge is -2.18. The highest BCUT2D eigenvalue weighted by molar-refractivity contribution is 5.86. The molecule has 0 aromatic rings. The lowest BCUT2D eigenvalue weighted by molar-refractivity contribution is -0.140. The highest BCUT2D eigenvalue weighted by Gasteiger charge is 2.24. The van der Waals surface area contributed by atoms with Crippen LogP contribution in [0, 0.1) is 0 Å². The normalized spacial score (nSPS) is 12.4. The fourth-order valence-electron chi connectivity index (χ4n) is 2.36. The maximum absolute atomic E-state index is 11.9. The molecule has 0 radical (unpaired) electrons. The van der Waals surface area contributed by atoms with Crippen LogP contribution in [0.15, 0.2) is 0 Å². The molecule has 0 aromatic carbocycles. The molecule has 0 unspecified atom stereocenters. The van der Waals surface area contributed by atoms with E-state index >= 15 is 0 Å². The summed E-state index contributed by atoms with van der Waals surface area (Å²) in [5, 5.41) is 33.7. The number of rotatable bonds is 16. The summed E-state index contributed by atoms with van der Waals surface area (Å²) in [4.78, 5) is 56.2. The molecule has 0 saturated carbocycles. The van der Waals surface area contributed by atoms with Crippen LogP contribution in [0.2, 0.25) is 0 Å². The molecule has 0 fully saturated rings. The van der Waals surface area contributed by atoms with Gasteiger partial charge in [0.1, 0.15) is 12.1 Å². The highest BCUT2D eigenvalue weighted by Crippen LogP contribution is 2.03. The van der Waals surface area contributed by atoms with E-state index < -0.39 is 42.4 Å². The van der Waals surface area contributed by atoms with E-state index in [2.05, 4.69) is 16.0 Å². The van der Waals surface area contributed by atoms with E-state index in [4.69, 9.17) is 15.9 Å². The minimum absolute atomic E-state index is 0.0820. The van der Waals surface area contributed by atoms with Gasteiger partial charge >= 0.3 is 23.9 Å². The summed E-state index contributed by atoms with van der Waals surface area (Å²) in [6, 6.07) is -3.71. The van der Waals surface area contributed by atoms with Crippen molar-refractivity contribution in [1.29, 1.82) is 0 Å². The summed E-state index contributed by atoms with van der Waals surface area (Å²) in [7, 11) is 0. The molecule has 12 heteroatoms. The molecule has 0 bridgehead atoms. The smallest absolute Gasteiger partial charge is 0.326 e. The molecule has 0 heterocycles. The van der Waals surface area contributed by atoms with Gasteiger partial charge in [-0.3, -0.25) is 9.59 Å². The van der Waals surface area contributed by atoms with E-state index in [1.807, 2.05) is 0 Å². The fourth-order valence-corrected chi connectivity index (χ4v) is 2.36. The molecule has 3 amide bonds. The van der Waals surface area contributed by atoms with Gasteiger partial charge in [0.05, 0.1) is 0 Å². The van der Waals surface area contributed by atoms with Crippen molar-refractivity contribution in [2.75, 3.05) is 13.1 Å². The quantitative estimate of drug-likeness (QED) is 0.160. The molecule has 0 aromatic heterocycles. The van der Waals surface area contributed by atoms with E-state index in [0.717, 1.165) is 6.42 Å². The zero-order chi connectivity index (χ0) is 22.2. The van der Waals surface area contributed by atoms with Crippen LogP contribution >= 0.6 is 0 Å². The Balaban J connectivity index is 4.28. The summed E-state index contributed by atoms with van der Waals surface area (Å²) < 4.78 is 0. The van der Waals surface area contributed by atoms with Crippen LogP contribution in [-0.4, -0.2) is 70.3 Å². The van der Waals surface area contributed by atoms with Crippen molar-refractivity contribution < 1.29 is 39.3 Å². The standard InChI is InChI=1S/C17H30N4O8/c18-9-3-1-6-13(22)19-10-4-2-5-11(15(25)26)20-17(29)21-12(16(27)28)7-8-14(23)24/h11-12H,1-10,18H2,(H,19,22)(H,23,24)(H,25,26)(H,27,28)(H2,20,21,29)/t11-,12-/m0/s1. The lowest BCUT2D eigenvalue weighted by atomic mass is 10.1. The first-order valence-electron chi connectivity index (χ1n) is 9.38. The van der Waals surface area contributed by atoms with Gasteiger partial charge in [0.25, 0.3) is 0 Å². The van der Waals surface area contributed by atoms with Crippen LogP contribution < -0.4 is 21.7 Å². The van der Waals surface area contributed by atoms with E-state index in [-0.39, 0.29) is 18.7 Å². The van der Waals surface area contributed by atoms with Gasteiger partial charge in [-0.15, -0.1) is 0 Å². The van der Waals surface area contributed by atoms with Crippen molar-refractivity contribution in [2.24, 2.45) is 5.73 Å². The number of hydrogen-bond donors (Lipinski definition) is 7. The zero-order valence-corrected chi connectivity index (χ0v) is 16.2. The number of nitrogens with one attached hydrogen (secondary N) is 3. The summed E-state index contributed by atoms with van der Waals surface area (Å²) in [5.74, 6) is -4.03. The number of aliphatic carboxylic acids is 3. The molecule has 2 atom stereocenters. The summed E-state index contributed by atoms with van der Waals surface area (Å²) >= 11 is 0. The van der Waals surface area contributed by atoms with Gasteiger partial charge in [-0.2, -0.15) is 0 Å². The van der Waals surface area contributed by atoms with Crippen molar-refractivity contribution in [1.82, 2.24) is 16.0 Å². The Bertz CT molecular complexity index is 570. The molecule has 0 saturated heterocycles. The third kappa shape index (κ3) is 13.9. The van der Waals surface area contributed by atoms with Crippen LogP contribution in [0.4, 0.5) is 4.79 Å². The SMILES string of the molecule is NCCCCC(=O)NCCCC[C@H](NC(=O)N[C@@H](CCC(=O)O)C(=O)O)C(=O)O. The largest absolute Gasteiger partial charge is 0.481 e. The molecule has 0 aliphatic rings. The van der Waals surface area contributed by atoms with Crippen LogP contribution in [0.3, 0.4) is 0 Å². The molecule has 0 spiro atoms. The van der Waals surface area contributed by atoms with Gasteiger partial charge in [0.2, 0.25) is 5.91 Å². The third-order valence-electron chi connectivity index (χ3n) is 3.95. The maximum atomic E-state index is 11.9. The van der Waals surface area contributed by atoms with Crippen LogP contribution in [0.1, 0.15) is 51.4 Å². The number of carboxylic acid groups (broad SMARTS) is 3. The number of unbranched alkanes of at least 4 members (excludes halogenated alkanes) is 2. The van der Waals surface area contributed by atoms with Gasteiger partial charge in [0.15, 0.2) is 0 Å². The summed E-state index contributed by atoms with van der Waals surface area (Å²) in [6.07, 6.45) is 2.04. The minimum Gasteiger partial charge on any atom is -0.481 e. The Morgan fingerprint density at radius 2 is 1.34 bits per heavy atom. The summed E-state index contributed by atoms with van der Waals surface area (Å²) in [6.45, 7) is 0.896. The van der Waals surface area contributed by atoms with Crippen molar-refractivity contribution >= 4 is 29.8 Å². The van der Waals surface area contributed by atoms with Crippen molar-refractivity contribution in [3.05, 3.63) is 0 Å².